The second-order valence-electron chi connectivity index (χ2n) is 7.00. The predicted molar refractivity (Wildman–Crippen MR) is 100 cm³/mol. The highest BCUT2D eigenvalue weighted by molar-refractivity contribution is 5.95. The number of aryl methyl sites for hydroxylation is 1. The average Bonchev–Trinajstić information content (AvgIpc) is 3.44. The van der Waals surface area contributed by atoms with Crippen molar-refractivity contribution in [1.82, 2.24) is 29.6 Å². The van der Waals surface area contributed by atoms with E-state index in [9.17, 15) is 4.79 Å². The van der Waals surface area contributed by atoms with Crippen LogP contribution in [0.2, 0.25) is 0 Å². The van der Waals surface area contributed by atoms with E-state index in [2.05, 4.69) is 25.7 Å². The van der Waals surface area contributed by atoms with Gasteiger partial charge < -0.3 is 14.8 Å². The summed E-state index contributed by atoms with van der Waals surface area (Å²) >= 11 is 0. The number of nitrogens with zero attached hydrogens (tertiary/aromatic N) is 6. The molecule has 1 amide bonds. The molecule has 6 rings (SSSR count). The van der Waals surface area contributed by atoms with Crippen LogP contribution in [0.5, 0.6) is 11.5 Å². The zero-order valence-electron chi connectivity index (χ0n) is 15.4. The van der Waals surface area contributed by atoms with E-state index in [1.54, 1.807) is 21.3 Å². The molecule has 4 aromatic rings. The van der Waals surface area contributed by atoms with Crippen molar-refractivity contribution in [3.63, 3.8) is 0 Å². The molecular weight excluding hydrogens is 374 g/mol. The average molecular weight is 389 g/mol. The third-order valence-corrected chi connectivity index (χ3v) is 5.27. The number of ether oxygens (including phenoxy) is 2. The molecule has 5 heterocycles. The highest BCUT2D eigenvalue weighted by atomic mass is 16.7. The van der Waals surface area contributed by atoms with Gasteiger partial charge in [-0.1, -0.05) is 6.07 Å². The van der Waals surface area contributed by atoms with Gasteiger partial charge in [-0.2, -0.15) is 14.3 Å². The van der Waals surface area contributed by atoms with Crippen LogP contribution >= 0.6 is 0 Å². The first-order valence-electron chi connectivity index (χ1n) is 9.14. The summed E-state index contributed by atoms with van der Waals surface area (Å²) in [5.41, 5.74) is 3.41. The smallest absolute Gasteiger partial charge is 0.231 e. The number of nitrogens with one attached hydrogen (secondary N) is 1. The molecule has 0 aliphatic carbocycles. The fraction of sp³-hybridized carbons (Fsp3) is 0.211. The van der Waals surface area contributed by atoms with Gasteiger partial charge in [0, 0.05) is 17.9 Å². The van der Waals surface area contributed by atoms with E-state index in [0.717, 1.165) is 16.8 Å². The Morgan fingerprint density at radius 3 is 2.97 bits per heavy atom. The van der Waals surface area contributed by atoms with E-state index >= 15 is 0 Å². The van der Waals surface area contributed by atoms with Crippen LogP contribution in [0, 0.1) is 6.92 Å². The fourth-order valence-electron chi connectivity index (χ4n) is 3.96. The van der Waals surface area contributed by atoms with Crippen molar-refractivity contribution in [2.75, 3.05) is 12.1 Å². The highest BCUT2D eigenvalue weighted by Gasteiger charge is 2.33. The van der Waals surface area contributed by atoms with Gasteiger partial charge in [-0.05, 0) is 36.8 Å². The first kappa shape index (κ1) is 16.0. The number of anilines is 1. The van der Waals surface area contributed by atoms with Gasteiger partial charge in [-0.25, -0.2) is 0 Å². The van der Waals surface area contributed by atoms with Crippen LogP contribution in [0.3, 0.4) is 0 Å². The van der Waals surface area contributed by atoms with Crippen LogP contribution in [0.15, 0.2) is 36.7 Å². The third kappa shape index (κ3) is 2.38. The number of carbonyl (C=O) groups is 1. The van der Waals surface area contributed by atoms with Gasteiger partial charge in [0.2, 0.25) is 12.7 Å². The molecule has 0 saturated carbocycles. The molecule has 3 aromatic heterocycles. The van der Waals surface area contributed by atoms with Crippen LogP contribution in [-0.2, 0) is 4.79 Å². The molecule has 144 valence electrons. The minimum atomic E-state index is -0.138. The molecule has 10 heteroatoms. The Labute approximate surface area is 164 Å². The van der Waals surface area contributed by atoms with Gasteiger partial charge in [-0.15, -0.1) is 15.3 Å². The van der Waals surface area contributed by atoms with Gasteiger partial charge in [0.05, 0.1) is 5.69 Å². The van der Waals surface area contributed by atoms with Crippen molar-refractivity contribution in [3.8, 4) is 17.3 Å². The molecule has 0 bridgehead atoms. The molecule has 0 radical (unpaired) electrons. The SMILES string of the molecule is Cc1nn(-c2ccc3nncn3n2)c2c1C(c1ccc3c(c1)OCO3)CC(=O)N2. The van der Waals surface area contributed by atoms with Crippen LogP contribution in [-0.4, -0.2) is 42.3 Å². The summed E-state index contributed by atoms with van der Waals surface area (Å²) < 4.78 is 14.1. The normalized spacial score (nSPS) is 17.4. The summed E-state index contributed by atoms with van der Waals surface area (Å²) in [6, 6.07) is 9.39. The van der Waals surface area contributed by atoms with Gasteiger partial charge in [0.25, 0.3) is 0 Å². The van der Waals surface area contributed by atoms with Crippen LogP contribution in [0.4, 0.5) is 5.82 Å². The molecule has 0 spiro atoms. The van der Waals surface area contributed by atoms with Crippen LogP contribution in [0.25, 0.3) is 11.5 Å². The number of benzene rings is 1. The standard InChI is InChI=1S/C19H15N7O3/c1-10-18-12(11-2-3-13-14(6-11)29-9-28-13)7-17(27)21-19(18)26(23-10)16-5-4-15-22-20-8-25(15)24-16/h2-6,8,12H,7,9H2,1H3,(H,21,27). The second-order valence-corrected chi connectivity index (χ2v) is 7.00. The Morgan fingerprint density at radius 1 is 1.14 bits per heavy atom. The Morgan fingerprint density at radius 2 is 2.03 bits per heavy atom. The Hall–Kier alpha value is -3.95. The third-order valence-electron chi connectivity index (χ3n) is 5.27. The number of hydrogen-bond acceptors (Lipinski definition) is 7. The number of aromatic nitrogens is 6. The molecule has 0 fully saturated rings. The summed E-state index contributed by atoms with van der Waals surface area (Å²) in [6.45, 7) is 2.15. The molecule has 1 N–H and O–H groups in total. The Kier molecular flexibility index (Phi) is 3.19. The van der Waals surface area contributed by atoms with Crippen LogP contribution < -0.4 is 14.8 Å². The minimum absolute atomic E-state index is 0.0771. The van der Waals surface area contributed by atoms with Gasteiger partial charge in [0.1, 0.15) is 12.1 Å². The van der Waals surface area contributed by atoms with Crippen molar-refractivity contribution in [2.45, 2.75) is 19.3 Å². The predicted octanol–water partition coefficient (Wildman–Crippen LogP) is 1.82. The van der Waals surface area contributed by atoms with Crippen molar-refractivity contribution < 1.29 is 14.3 Å². The second kappa shape index (κ2) is 5.77. The highest BCUT2D eigenvalue weighted by Crippen LogP contribution is 2.43. The summed E-state index contributed by atoms with van der Waals surface area (Å²) in [5, 5.41) is 20.0. The molecule has 1 aromatic carbocycles. The maximum atomic E-state index is 12.6. The van der Waals surface area contributed by atoms with Gasteiger partial charge in [0.15, 0.2) is 23.0 Å². The monoisotopic (exact) mass is 389 g/mol. The summed E-state index contributed by atoms with van der Waals surface area (Å²) in [7, 11) is 0. The lowest BCUT2D eigenvalue weighted by molar-refractivity contribution is -0.116. The number of carbonyl (C=O) groups excluding carboxylic acids is 1. The largest absolute Gasteiger partial charge is 0.454 e. The summed E-state index contributed by atoms with van der Waals surface area (Å²) in [4.78, 5) is 12.6. The number of hydrogen-bond donors (Lipinski definition) is 1. The maximum Gasteiger partial charge on any atom is 0.231 e. The molecule has 1 atom stereocenters. The zero-order chi connectivity index (χ0) is 19.5. The quantitative estimate of drug-likeness (QED) is 0.557. The summed E-state index contributed by atoms with van der Waals surface area (Å²) in [6.07, 6.45) is 1.85. The molecule has 29 heavy (non-hydrogen) atoms. The first-order valence-corrected chi connectivity index (χ1v) is 9.14. The molecule has 1 unspecified atom stereocenters. The molecular formula is C19H15N7O3. The van der Waals surface area contributed by atoms with E-state index in [1.165, 1.54) is 6.33 Å². The van der Waals surface area contributed by atoms with Crippen molar-refractivity contribution in [3.05, 3.63) is 53.5 Å². The summed E-state index contributed by atoms with van der Waals surface area (Å²) in [5.74, 6) is 2.38. The van der Waals surface area contributed by atoms with E-state index < -0.39 is 0 Å². The first-order chi connectivity index (χ1) is 14.2. The van der Waals surface area contributed by atoms with E-state index in [0.29, 0.717) is 35.2 Å². The molecule has 10 nitrogen and oxygen atoms in total. The van der Waals surface area contributed by atoms with E-state index in [-0.39, 0.29) is 18.6 Å². The van der Waals surface area contributed by atoms with Crippen molar-refractivity contribution in [1.29, 1.82) is 0 Å². The van der Waals surface area contributed by atoms with Crippen LogP contribution in [0.1, 0.15) is 29.2 Å². The number of amides is 1. The van der Waals surface area contributed by atoms with E-state index in [1.807, 2.05) is 25.1 Å². The topological polar surface area (TPSA) is 108 Å². The number of fused-ring (bicyclic) bond motifs is 3. The Bertz CT molecular complexity index is 1290. The lowest BCUT2D eigenvalue weighted by Gasteiger charge is -2.24. The van der Waals surface area contributed by atoms with E-state index in [4.69, 9.17) is 9.47 Å². The maximum absolute atomic E-state index is 12.6. The lowest BCUT2D eigenvalue weighted by Crippen LogP contribution is -2.25. The van der Waals surface area contributed by atoms with Crippen molar-refractivity contribution >= 4 is 17.4 Å². The number of rotatable bonds is 2. The molecule has 0 saturated heterocycles. The fourth-order valence-corrected chi connectivity index (χ4v) is 3.96. The Balaban J connectivity index is 1.50. The van der Waals surface area contributed by atoms with Crippen molar-refractivity contribution in [2.24, 2.45) is 0 Å². The molecule has 2 aliphatic rings. The lowest BCUT2D eigenvalue weighted by atomic mass is 9.85. The molecule has 2 aliphatic heterocycles. The van der Waals surface area contributed by atoms with Gasteiger partial charge in [-0.3, -0.25) is 4.79 Å². The minimum Gasteiger partial charge on any atom is -0.454 e. The van der Waals surface area contributed by atoms with Gasteiger partial charge >= 0.3 is 0 Å². The zero-order valence-corrected chi connectivity index (χ0v) is 15.4.